The fourth-order valence-electron chi connectivity index (χ4n) is 1.76. The van der Waals surface area contributed by atoms with E-state index in [0.29, 0.717) is 5.56 Å². The van der Waals surface area contributed by atoms with Crippen LogP contribution in [0.25, 0.3) is 0 Å². The van der Waals surface area contributed by atoms with Crippen LogP contribution in [0.2, 0.25) is 0 Å². The third-order valence-electron chi connectivity index (χ3n) is 2.80. The third-order valence-corrected chi connectivity index (χ3v) is 4.16. The van der Waals surface area contributed by atoms with Gasteiger partial charge in [0.25, 0.3) is 5.91 Å². The summed E-state index contributed by atoms with van der Waals surface area (Å²) >= 11 is 5.49. The molecule has 2 aromatic carbocycles. The van der Waals surface area contributed by atoms with E-state index in [9.17, 15) is 9.59 Å². The standard InChI is InChI=1S/C15H11BrINO3/c16-13-5-4-11(17)7-12(13)14(19)18-8-9-2-1-3-10(6-9)15(20)21/h1-7H,8H2,(H,18,19)(H,20,21). The number of benzene rings is 2. The first-order chi connectivity index (χ1) is 9.97. The number of nitrogens with one attached hydrogen (secondary N) is 1. The van der Waals surface area contributed by atoms with Crippen molar-refractivity contribution in [2.24, 2.45) is 0 Å². The molecule has 0 heterocycles. The highest BCUT2D eigenvalue weighted by Gasteiger charge is 2.10. The molecule has 0 saturated heterocycles. The minimum Gasteiger partial charge on any atom is -0.478 e. The molecule has 2 rings (SSSR count). The molecule has 0 aliphatic heterocycles. The van der Waals surface area contributed by atoms with Gasteiger partial charge in [-0.15, -0.1) is 0 Å². The van der Waals surface area contributed by atoms with Crippen molar-refractivity contribution in [1.82, 2.24) is 5.32 Å². The predicted octanol–water partition coefficient (Wildman–Crippen LogP) is 3.68. The lowest BCUT2D eigenvalue weighted by Gasteiger charge is -2.08. The SMILES string of the molecule is O=C(O)c1cccc(CNC(=O)c2cc(I)ccc2Br)c1. The van der Waals surface area contributed by atoms with Gasteiger partial charge in [-0.3, -0.25) is 4.79 Å². The van der Waals surface area contributed by atoms with Gasteiger partial charge in [-0.05, 0) is 74.4 Å². The zero-order chi connectivity index (χ0) is 15.4. The number of hydrogen-bond acceptors (Lipinski definition) is 2. The Morgan fingerprint density at radius 2 is 1.95 bits per heavy atom. The van der Waals surface area contributed by atoms with Crippen molar-refractivity contribution in [3.05, 3.63) is 67.2 Å². The summed E-state index contributed by atoms with van der Waals surface area (Å²) in [7, 11) is 0. The average Bonchev–Trinajstić information content (AvgIpc) is 2.47. The second-order valence-corrected chi connectivity index (χ2v) is 6.41. The molecule has 0 bridgehead atoms. The molecule has 2 aromatic rings. The van der Waals surface area contributed by atoms with Crippen LogP contribution in [0.15, 0.2) is 46.9 Å². The molecule has 0 aliphatic carbocycles. The highest BCUT2D eigenvalue weighted by atomic mass is 127. The van der Waals surface area contributed by atoms with Crippen molar-refractivity contribution in [3.63, 3.8) is 0 Å². The van der Waals surface area contributed by atoms with Gasteiger partial charge < -0.3 is 10.4 Å². The number of amides is 1. The molecule has 0 radical (unpaired) electrons. The molecule has 0 unspecified atom stereocenters. The van der Waals surface area contributed by atoms with Crippen LogP contribution in [0.1, 0.15) is 26.3 Å². The number of carboxylic acids is 1. The molecule has 21 heavy (non-hydrogen) atoms. The normalized spacial score (nSPS) is 10.2. The van der Waals surface area contributed by atoms with Crippen LogP contribution in [0.4, 0.5) is 0 Å². The highest BCUT2D eigenvalue weighted by molar-refractivity contribution is 14.1. The molecule has 6 heteroatoms. The minimum absolute atomic E-state index is 0.206. The molecule has 0 saturated carbocycles. The van der Waals surface area contributed by atoms with Crippen LogP contribution in [0.5, 0.6) is 0 Å². The third kappa shape index (κ3) is 4.28. The summed E-state index contributed by atoms with van der Waals surface area (Å²) < 4.78 is 1.69. The Bertz CT molecular complexity index is 703. The summed E-state index contributed by atoms with van der Waals surface area (Å²) in [5.41, 5.74) is 1.50. The van der Waals surface area contributed by atoms with Gasteiger partial charge in [0.15, 0.2) is 0 Å². The van der Waals surface area contributed by atoms with Crippen LogP contribution in [0.3, 0.4) is 0 Å². The van der Waals surface area contributed by atoms with E-state index in [1.807, 2.05) is 12.1 Å². The molecule has 1 amide bonds. The van der Waals surface area contributed by atoms with Crippen molar-refractivity contribution < 1.29 is 14.7 Å². The van der Waals surface area contributed by atoms with Crippen molar-refractivity contribution in [1.29, 1.82) is 0 Å². The van der Waals surface area contributed by atoms with Crippen molar-refractivity contribution in [3.8, 4) is 0 Å². The molecular formula is C15H11BrINO3. The Morgan fingerprint density at radius 1 is 1.19 bits per heavy atom. The zero-order valence-electron chi connectivity index (χ0n) is 10.8. The molecule has 108 valence electrons. The number of carboxylic acid groups (broad SMARTS) is 1. The molecule has 0 aromatic heterocycles. The molecular weight excluding hydrogens is 449 g/mol. The maximum Gasteiger partial charge on any atom is 0.335 e. The van der Waals surface area contributed by atoms with E-state index in [1.165, 1.54) is 6.07 Å². The average molecular weight is 460 g/mol. The minimum atomic E-state index is -0.983. The Morgan fingerprint density at radius 3 is 2.67 bits per heavy atom. The van der Waals surface area contributed by atoms with Gasteiger partial charge in [-0.25, -0.2) is 4.79 Å². The fraction of sp³-hybridized carbons (Fsp3) is 0.0667. The van der Waals surface area contributed by atoms with Gasteiger partial charge in [-0.1, -0.05) is 12.1 Å². The Hall–Kier alpha value is -1.41. The monoisotopic (exact) mass is 459 g/mol. The number of aromatic carboxylic acids is 1. The van der Waals surface area contributed by atoms with Crippen LogP contribution < -0.4 is 5.32 Å². The summed E-state index contributed by atoms with van der Waals surface area (Å²) in [6.07, 6.45) is 0. The van der Waals surface area contributed by atoms with Crippen molar-refractivity contribution >= 4 is 50.4 Å². The fourth-order valence-corrected chi connectivity index (χ4v) is 2.68. The Balaban J connectivity index is 2.09. The van der Waals surface area contributed by atoms with Gasteiger partial charge in [0.05, 0.1) is 11.1 Å². The summed E-state index contributed by atoms with van der Waals surface area (Å²) in [6.45, 7) is 0.276. The predicted molar refractivity (Wildman–Crippen MR) is 91.4 cm³/mol. The Kier molecular flexibility index (Phi) is 5.35. The first-order valence-corrected chi connectivity index (χ1v) is 7.90. The van der Waals surface area contributed by atoms with E-state index in [1.54, 1.807) is 24.3 Å². The number of carbonyl (C=O) groups excluding carboxylic acids is 1. The number of halogens is 2. The van der Waals surface area contributed by atoms with Gasteiger partial charge in [0.2, 0.25) is 0 Å². The second-order valence-electron chi connectivity index (χ2n) is 4.31. The van der Waals surface area contributed by atoms with Crippen LogP contribution in [-0.4, -0.2) is 17.0 Å². The van der Waals surface area contributed by atoms with Crippen molar-refractivity contribution in [2.75, 3.05) is 0 Å². The van der Waals surface area contributed by atoms with Gasteiger partial charge >= 0.3 is 5.97 Å². The number of rotatable bonds is 4. The molecule has 0 fully saturated rings. The summed E-state index contributed by atoms with van der Waals surface area (Å²) in [6, 6.07) is 12.0. The van der Waals surface area contributed by atoms with Crippen LogP contribution in [0, 0.1) is 3.57 Å². The van der Waals surface area contributed by atoms with E-state index in [0.717, 1.165) is 13.6 Å². The van der Waals surface area contributed by atoms with Gasteiger partial charge in [-0.2, -0.15) is 0 Å². The zero-order valence-corrected chi connectivity index (χ0v) is 14.5. The van der Waals surface area contributed by atoms with Gasteiger partial charge in [0, 0.05) is 14.6 Å². The molecule has 2 N–H and O–H groups in total. The van der Waals surface area contributed by atoms with E-state index in [4.69, 9.17) is 5.11 Å². The van der Waals surface area contributed by atoms with Crippen molar-refractivity contribution in [2.45, 2.75) is 6.54 Å². The number of hydrogen-bond donors (Lipinski definition) is 2. The maximum absolute atomic E-state index is 12.1. The van der Waals surface area contributed by atoms with E-state index in [2.05, 4.69) is 43.8 Å². The lowest BCUT2D eigenvalue weighted by Crippen LogP contribution is -2.23. The topological polar surface area (TPSA) is 66.4 Å². The largest absolute Gasteiger partial charge is 0.478 e. The molecule has 0 spiro atoms. The highest BCUT2D eigenvalue weighted by Crippen LogP contribution is 2.19. The summed E-state index contributed by atoms with van der Waals surface area (Å²) in [5.74, 6) is -1.19. The smallest absolute Gasteiger partial charge is 0.335 e. The first kappa shape index (κ1) is 16.0. The summed E-state index contributed by atoms with van der Waals surface area (Å²) in [4.78, 5) is 23.0. The van der Waals surface area contributed by atoms with Gasteiger partial charge in [0.1, 0.15) is 0 Å². The first-order valence-electron chi connectivity index (χ1n) is 6.03. The molecule has 0 aliphatic rings. The maximum atomic E-state index is 12.1. The van der Waals surface area contributed by atoms with E-state index < -0.39 is 5.97 Å². The Labute approximate surface area is 143 Å². The van der Waals surface area contributed by atoms with Crippen LogP contribution >= 0.6 is 38.5 Å². The lowest BCUT2D eigenvalue weighted by molar-refractivity contribution is 0.0696. The molecule has 4 nitrogen and oxygen atoms in total. The van der Waals surface area contributed by atoms with E-state index >= 15 is 0 Å². The second kappa shape index (κ2) is 7.04. The van der Waals surface area contributed by atoms with Crippen LogP contribution in [-0.2, 0) is 6.54 Å². The summed E-state index contributed by atoms with van der Waals surface area (Å²) in [5, 5.41) is 11.7. The quantitative estimate of drug-likeness (QED) is 0.685. The molecule has 0 atom stereocenters. The van der Waals surface area contributed by atoms with E-state index in [-0.39, 0.29) is 18.0 Å². The number of carbonyl (C=O) groups is 2. The lowest BCUT2D eigenvalue weighted by atomic mass is 10.1.